The Balaban J connectivity index is 2.41. The maximum atomic E-state index is 13.1. The van der Waals surface area contributed by atoms with Crippen molar-refractivity contribution in [3.63, 3.8) is 0 Å². The molecule has 1 N–H and O–H groups in total. The Kier molecular flexibility index (Phi) is 5.91. The van der Waals surface area contributed by atoms with Gasteiger partial charge < -0.3 is 19.7 Å². The van der Waals surface area contributed by atoms with Gasteiger partial charge in [0.1, 0.15) is 28.5 Å². The van der Waals surface area contributed by atoms with Crippen molar-refractivity contribution in [3.8, 4) is 0 Å². The van der Waals surface area contributed by atoms with Crippen molar-refractivity contribution in [2.24, 2.45) is 4.99 Å². The first-order valence-corrected chi connectivity index (χ1v) is 8.91. The van der Waals surface area contributed by atoms with Crippen molar-refractivity contribution in [1.29, 1.82) is 0 Å². The van der Waals surface area contributed by atoms with E-state index in [-0.39, 0.29) is 23.6 Å². The number of nitrogens with one attached hydrogen (secondary N) is 1. The van der Waals surface area contributed by atoms with E-state index in [0.717, 1.165) is 27.1 Å². The lowest BCUT2D eigenvalue weighted by Gasteiger charge is -2.29. The number of likely N-dealkylation sites (tertiary alicyclic amines) is 1. The first-order valence-electron chi connectivity index (χ1n) is 8.91. The predicted octanol–water partition coefficient (Wildman–Crippen LogP) is -0.0359. The van der Waals surface area contributed by atoms with Gasteiger partial charge in [-0.05, 0) is 25.0 Å². The van der Waals surface area contributed by atoms with Crippen molar-refractivity contribution in [3.05, 3.63) is 47.1 Å². The van der Waals surface area contributed by atoms with Crippen LogP contribution in [0.2, 0.25) is 0 Å². The van der Waals surface area contributed by atoms with Crippen molar-refractivity contribution < 1.29 is 28.7 Å². The zero-order chi connectivity index (χ0) is 21.0. The van der Waals surface area contributed by atoms with Gasteiger partial charge in [-0.15, -0.1) is 0 Å². The zero-order valence-electron chi connectivity index (χ0n) is 16.0. The average Bonchev–Trinajstić information content (AvgIpc) is 3.27. The summed E-state index contributed by atoms with van der Waals surface area (Å²) in [7, 11) is 2.27. The van der Waals surface area contributed by atoms with Crippen molar-refractivity contribution in [1.82, 2.24) is 15.1 Å². The normalized spacial score (nSPS) is 25.6. The molecule has 1 fully saturated rings. The Morgan fingerprint density at radius 1 is 1.10 bits per heavy atom. The van der Waals surface area contributed by atoms with Gasteiger partial charge in [-0.25, -0.2) is 14.6 Å². The Labute approximate surface area is 166 Å². The molecule has 29 heavy (non-hydrogen) atoms. The minimum atomic E-state index is -0.977. The minimum absolute atomic E-state index is 0.174. The molecule has 0 unspecified atom stereocenters. The summed E-state index contributed by atoms with van der Waals surface area (Å²) in [4.78, 5) is 57.3. The zero-order valence-corrected chi connectivity index (χ0v) is 16.0. The van der Waals surface area contributed by atoms with E-state index < -0.39 is 29.1 Å². The smallest absolute Gasteiger partial charge is 0.342 e. The van der Waals surface area contributed by atoms with E-state index in [1.54, 1.807) is 18.2 Å². The van der Waals surface area contributed by atoms with Gasteiger partial charge in [0.15, 0.2) is 0 Å². The summed E-state index contributed by atoms with van der Waals surface area (Å²) in [6.45, 7) is 1.20. The maximum Gasteiger partial charge on any atom is 0.342 e. The summed E-state index contributed by atoms with van der Waals surface area (Å²) in [5, 5.41) is 2.25. The highest BCUT2D eigenvalue weighted by molar-refractivity contribution is 6.19. The molecule has 3 aliphatic rings. The Hall–Kier alpha value is -3.69. The average molecular weight is 400 g/mol. The Bertz CT molecular complexity index is 906. The van der Waals surface area contributed by atoms with Crippen LogP contribution >= 0.6 is 0 Å². The van der Waals surface area contributed by atoms with Crippen LogP contribution in [0.5, 0.6) is 0 Å². The van der Waals surface area contributed by atoms with Crippen LogP contribution in [0.3, 0.4) is 0 Å². The molecule has 3 heterocycles. The Morgan fingerprint density at radius 3 is 2.38 bits per heavy atom. The third-order valence-electron chi connectivity index (χ3n) is 4.60. The molecule has 0 aliphatic carbocycles. The quantitative estimate of drug-likeness (QED) is 0.508. The van der Waals surface area contributed by atoms with Crippen LogP contribution in [0.25, 0.3) is 0 Å². The molecule has 0 aromatic heterocycles. The number of ether oxygens (including phenoxy) is 2. The molecule has 3 rings (SSSR count). The number of carbonyl (C=O) groups excluding carboxylic acids is 4. The van der Waals surface area contributed by atoms with Crippen LogP contribution in [-0.4, -0.2) is 67.2 Å². The SMILES string of the molecule is COC(=O)C1=C(\NC=O)C(=O)N2C=CC=C/C2=N/C(N2CCCC2)=C\1C(=O)OC. The predicted molar refractivity (Wildman–Crippen MR) is 101 cm³/mol. The molecule has 10 nitrogen and oxygen atoms in total. The molecule has 10 heteroatoms. The fourth-order valence-corrected chi connectivity index (χ4v) is 3.28. The number of amidine groups is 1. The molecule has 152 valence electrons. The highest BCUT2D eigenvalue weighted by Gasteiger charge is 2.38. The van der Waals surface area contributed by atoms with Crippen molar-refractivity contribution in [2.45, 2.75) is 12.8 Å². The number of fused-ring (bicyclic) bond motifs is 1. The number of carbonyl (C=O) groups is 4. The third kappa shape index (κ3) is 3.68. The van der Waals surface area contributed by atoms with Gasteiger partial charge in [-0.2, -0.15) is 0 Å². The second-order valence-electron chi connectivity index (χ2n) is 6.23. The summed E-state index contributed by atoms with van der Waals surface area (Å²) in [6.07, 6.45) is 8.33. The van der Waals surface area contributed by atoms with Crippen LogP contribution in [0, 0.1) is 0 Å². The number of hydrogen-bond acceptors (Lipinski definition) is 8. The number of aliphatic imine (C=N–C) groups is 1. The van der Waals surface area contributed by atoms with Crippen LogP contribution in [0.15, 0.2) is 52.1 Å². The van der Waals surface area contributed by atoms with Gasteiger partial charge in [-0.1, -0.05) is 6.08 Å². The standard InChI is InChI=1S/C19H20N4O6/c1-28-18(26)13-14(19(27)29-2)16(22-8-5-6-9-22)21-12-7-3-4-10-23(12)17(25)15(13)20-11-24/h3-4,7,10-11H,5-6,8-9H2,1-2H3,(H,20,24)/b15-13-,16-14-,21-12-. The van der Waals surface area contributed by atoms with Crippen molar-refractivity contribution in [2.75, 3.05) is 27.3 Å². The lowest BCUT2D eigenvalue weighted by molar-refractivity contribution is -0.140. The van der Waals surface area contributed by atoms with Gasteiger partial charge in [0.05, 0.1) is 14.2 Å². The lowest BCUT2D eigenvalue weighted by Crippen LogP contribution is -2.41. The molecule has 0 aromatic carbocycles. The van der Waals surface area contributed by atoms with E-state index in [9.17, 15) is 19.2 Å². The topological polar surface area (TPSA) is 118 Å². The summed E-state index contributed by atoms with van der Waals surface area (Å²) in [6, 6.07) is 0. The van der Waals surface area contributed by atoms with Crippen LogP contribution < -0.4 is 5.32 Å². The molecular formula is C19H20N4O6. The third-order valence-corrected chi connectivity index (χ3v) is 4.60. The minimum Gasteiger partial charge on any atom is -0.465 e. The first-order chi connectivity index (χ1) is 14.0. The van der Waals surface area contributed by atoms with Crippen LogP contribution in [-0.2, 0) is 28.7 Å². The number of amides is 2. The summed E-state index contributed by atoms with van der Waals surface area (Å²) in [5.41, 5.74) is -1.06. The molecule has 2 amide bonds. The molecule has 1 saturated heterocycles. The number of allylic oxidation sites excluding steroid dienone is 2. The number of hydrogen-bond donors (Lipinski definition) is 1. The van der Waals surface area contributed by atoms with E-state index in [4.69, 9.17) is 9.47 Å². The summed E-state index contributed by atoms with van der Waals surface area (Å²) >= 11 is 0. The van der Waals surface area contributed by atoms with Crippen LogP contribution in [0.1, 0.15) is 12.8 Å². The second-order valence-corrected chi connectivity index (χ2v) is 6.23. The first kappa shape index (κ1) is 20.1. The van der Waals surface area contributed by atoms with Gasteiger partial charge in [0.25, 0.3) is 5.91 Å². The molecule has 0 atom stereocenters. The van der Waals surface area contributed by atoms with Gasteiger partial charge in [-0.3, -0.25) is 14.5 Å². The molecule has 3 aliphatic heterocycles. The fraction of sp³-hybridized carbons (Fsp3) is 0.316. The maximum absolute atomic E-state index is 13.1. The largest absolute Gasteiger partial charge is 0.465 e. The molecule has 0 bridgehead atoms. The second kappa shape index (κ2) is 8.55. The van der Waals surface area contributed by atoms with E-state index in [1.165, 1.54) is 11.1 Å². The highest BCUT2D eigenvalue weighted by atomic mass is 16.5. The molecule has 0 radical (unpaired) electrons. The summed E-state index contributed by atoms with van der Waals surface area (Å²) < 4.78 is 9.71. The molecule has 0 aromatic rings. The number of rotatable bonds is 5. The van der Waals surface area contributed by atoms with E-state index in [0.29, 0.717) is 13.1 Å². The number of methoxy groups -OCH3 is 2. The van der Waals surface area contributed by atoms with Crippen LogP contribution in [0.4, 0.5) is 0 Å². The van der Waals surface area contributed by atoms with Crippen molar-refractivity contribution >= 4 is 30.1 Å². The Morgan fingerprint density at radius 2 is 1.76 bits per heavy atom. The van der Waals surface area contributed by atoms with E-state index in [1.807, 2.05) is 4.90 Å². The number of esters is 2. The molecule has 0 saturated carbocycles. The number of nitrogens with zero attached hydrogens (tertiary/aromatic N) is 3. The monoisotopic (exact) mass is 400 g/mol. The van der Waals surface area contributed by atoms with Gasteiger partial charge in [0, 0.05) is 19.3 Å². The molecule has 0 spiro atoms. The highest BCUT2D eigenvalue weighted by Crippen LogP contribution is 2.30. The van der Waals surface area contributed by atoms with Gasteiger partial charge >= 0.3 is 11.9 Å². The van der Waals surface area contributed by atoms with Gasteiger partial charge in [0.2, 0.25) is 6.41 Å². The molecular weight excluding hydrogens is 380 g/mol. The lowest BCUT2D eigenvalue weighted by atomic mass is 10.0. The fourth-order valence-electron chi connectivity index (χ4n) is 3.28. The van der Waals surface area contributed by atoms with E-state index in [2.05, 4.69) is 10.3 Å². The van der Waals surface area contributed by atoms with E-state index >= 15 is 0 Å². The summed E-state index contributed by atoms with van der Waals surface area (Å²) in [5.74, 6) is -2.20.